The number of hydrogen-bond donors (Lipinski definition) is 1. The van der Waals surface area contributed by atoms with Gasteiger partial charge in [0.1, 0.15) is 12.4 Å². The van der Waals surface area contributed by atoms with Crippen molar-refractivity contribution in [1.82, 2.24) is 5.32 Å². The summed E-state index contributed by atoms with van der Waals surface area (Å²) >= 11 is 6.23. The first-order chi connectivity index (χ1) is 9.81. The van der Waals surface area contributed by atoms with Gasteiger partial charge in [0.15, 0.2) is 0 Å². The van der Waals surface area contributed by atoms with E-state index in [2.05, 4.69) is 18.3 Å². The second-order valence-electron chi connectivity index (χ2n) is 5.20. The van der Waals surface area contributed by atoms with E-state index in [1.807, 2.05) is 12.1 Å². The Morgan fingerprint density at radius 2 is 2.10 bits per heavy atom. The molecule has 1 aromatic rings. The van der Waals surface area contributed by atoms with Crippen LogP contribution in [-0.4, -0.2) is 25.9 Å². The molecular formula is C16H24ClNO2. The number of unbranched alkanes of at least 4 members (excludes halogenated alkanes) is 1. The van der Waals surface area contributed by atoms with E-state index < -0.39 is 0 Å². The van der Waals surface area contributed by atoms with Crippen LogP contribution in [0.1, 0.15) is 38.2 Å². The lowest BCUT2D eigenvalue weighted by Crippen LogP contribution is -2.17. The quantitative estimate of drug-likeness (QED) is 0.667. The van der Waals surface area contributed by atoms with Crippen molar-refractivity contribution in [3.63, 3.8) is 0 Å². The zero-order chi connectivity index (χ0) is 14.2. The minimum absolute atomic E-state index is 0.546. The summed E-state index contributed by atoms with van der Waals surface area (Å²) in [7, 11) is 0. The van der Waals surface area contributed by atoms with Crippen molar-refractivity contribution >= 4 is 11.6 Å². The van der Waals surface area contributed by atoms with Crippen LogP contribution in [0.3, 0.4) is 0 Å². The highest BCUT2D eigenvalue weighted by molar-refractivity contribution is 6.32. The lowest BCUT2D eigenvalue weighted by molar-refractivity contribution is 0.0977. The fourth-order valence-corrected chi connectivity index (χ4v) is 2.20. The maximum absolute atomic E-state index is 6.23. The summed E-state index contributed by atoms with van der Waals surface area (Å²) in [5, 5.41) is 4.16. The number of hydrogen-bond acceptors (Lipinski definition) is 3. The molecule has 0 radical (unpaired) electrons. The van der Waals surface area contributed by atoms with Gasteiger partial charge in [-0.15, -0.1) is 0 Å². The van der Waals surface area contributed by atoms with Crippen molar-refractivity contribution < 1.29 is 9.47 Å². The van der Waals surface area contributed by atoms with Gasteiger partial charge in [-0.05, 0) is 25.3 Å². The number of halogens is 1. The zero-order valence-electron chi connectivity index (χ0n) is 12.2. The third-order valence-corrected chi connectivity index (χ3v) is 3.62. The number of benzene rings is 1. The van der Waals surface area contributed by atoms with E-state index in [4.69, 9.17) is 21.1 Å². The first-order valence-corrected chi connectivity index (χ1v) is 7.90. The van der Waals surface area contributed by atoms with Crippen molar-refractivity contribution in [1.29, 1.82) is 0 Å². The van der Waals surface area contributed by atoms with E-state index >= 15 is 0 Å². The summed E-state index contributed by atoms with van der Waals surface area (Å²) in [6, 6.07) is 6.58. The minimum Gasteiger partial charge on any atom is -0.489 e. The lowest BCUT2D eigenvalue weighted by Gasteiger charge is -2.14. The van der Waals surface area contributed by atoms with Crippen LogP contribution < -0.4 is 10.1 Å². The highest BCUT2D eigenvalue weighted by atomic mass is 35.5. The predicted molar refractivity (Wildman–Crippen MR) is 82.5 cm³/mol. The highest BCUT2D eigenvalue weighted by Gasteiger charge is 2.21. The molecule has 0 aromatic heterocycles. The lowest BCUT2D eigenvalue weighted by atomic mass is 10.2. The molecule has 0 amide bonds. The SMILES string of the molecule is CCCCOCCOc1c(Cl)cccc1CNC1CC1. The van der Waals surface area contributed by atoms with Gasteiger partial charge in [0.25, 0.3) is 0 Å². The molecule has 1 aliphatic carbocycles. The highest BCUT2D eigenvalue weighted by Crippen LogP contribution is 2.29. The topological polar surface area (TPSA) is 30.5 Å². The molecule has 1 N–H and O–H groups in total. The van der Waals surface area contributed by atoms with Crippen LogP contribution in [0.2, 0.25) is 5.02 Å². The number of rotatable bonds is 10. The van der Waals surface area contributed by atoms with Gasteiger partial charge in [-0.3, -0.25) is 0 Å². The zero-order valence-corrected chi connectivity index (χ0v) is 12.9. The maximum atomic E-state index is 6.23. The Hall–Kier alpha value is -0.770. The second kappa shape index (κ2) is 8.50. The molecule has 0 spiro atoms. The fraction of sp³-hybridized carbons (Fsp3) is 0.625. The summed E-state index contributed by atoms with van der Waals surface area (Å²) in [5.41, 5.74) is 1.12. The molecule has 0 bridgehead atoms. The molecule has 1 aliphatic rings. The third kappa shape index (κ3) is 5.31. The van der Waals surface area contributed by atoms with Crippen molar-refractivity contribution in [3.05, 3.63) is 28.8 Å². The molecule has 20 heavy (non-hydrogen) atoms. The summed E-state index contributed by atoms with van der Waals surface area (Å²) in [5.74, 6) is 0.793. The van der Waals surface area contributed by atoms with Crippen LogP contribution in [-0.2, 0) is 11.3 Å². The van der Waals surface area contributed by atoms with Crippen LogP contribution in [0.5, 0.6) is 5.75 Å². The van der Waals surface area contributed by atoms with E-state index in [0.717, 1.165) is 37.3 Å². The van der Waals surface area contributed by atoms with Crippen molar-refractivity contribution in [3.8, 4) is 5.75 Å². The fourth-order valence-electron chi connectivity index (χ4n) is 1.95. The van der Waals surface area contributed by atoms with E-state index in [9.17, 15) is 0 Å². The summed E-state index contributed by atoms with van der Waals surface area (Å²) < 4.78 is 11.3. The largest absolute Gasteiger partial charge is 0.489 e. The van der Waals surface area contributed by atoms with Gasteiger partial charge in [0.05, 0.1) is 11.6 Å². The number of para-hydroxylation sites is 1. The van der Waals surface area contributed by atoms with Gasteiger partial charge in [0.2, 0.25) is 0 Å². The molecule has 0 unspecified atom stereocenters. The predicted octanol–water partition coefficient (Wildman–Crippen LogP) is 3.79. The third-order valence-electron chi connectivity index (χ3n) is 3.32. The normalized spacial score (nSPS) is 14.5. The average Bonchev–Trinajstić information content (AvgIpc) is 3.26. The van der Waals surface area contributed by atoms with Crippen LogP contribution >= 0.6 is 11.6 Å². The number of ether oxygens (including phenoxy) is 2. The van der Waals surface area contributed by atoms with Crippen molar-refractivity contribution in [2.24, 2.45) is 0 Å². The Labute approximate surface area is 126 Å². The molecular weight excluding hydrogens is 274 g/mol. The molecule has 2 rings (SSSR count). The Kier molecular flexibility index (Phi) is 6.64. The molecule has 4 heteroatoms. The van der Waals surface area contributed by atoms with E-state index in [0.29, 0.717) is 24.3 Å². The van der Waals surface area contributed by atoms with Gasteiger partial charge in [-0.1, -0.05) is 37.1 Å². The molecule has 0 saturated heterocycles. The van der Waals surface area contributed by atoms with E-state index in [1.54, 1.807) is 0 Å². The second-order valence-corrected chi connectivity index (χ2v) is 5.60. The maximum Gasteiger partial charge on any atom is 0.142 e. The molecule has 1 aromatic carbocycles. The first-order valence-electron chi connectivity index (χ1n) is 7.52. The molecule has 1 saturated carbocycles. The smallest absolute Gasteiger partial charge is 0.142 e. The van der Waals surface area contributed by atoms with Crippen molar-refractivity contribution in [2.45, 2.75) is 45.2 Å². The monoisotopic (exact) mass is 297 g/mol. The van der Waals surface area contributed by atoms with Gasteiger partial charge in [-0.25, -0.2) is 0 Å². The van der Waals surface area contributed by atoms with E-state index in [1.165, 1.54) is 12.8 Å². The first kappa shape index (κ1) is 15.6. The Bertz CT molecular complexity index is 407. The molecule has 3 nitrogen and oxygen atoms in total. The summed E-state index contributed by atoms with van der Waals surface area (Å²) in [6.45, 7) is 4.93. The Morgan fingerprint density at radius 3 is 2.85 bits per heavy atom. The molecule has 0 atom stereocenters. The molecule has 0 heterocycles. The Morgan fingerprint density at radius 1 is 1.25 bits per heavy atom. The van der Waals surface area contributed by atoms with Gasteiger partial charge < -0.3 is 14.8 Å². The van der Waals surface area contributed by atoms with Gasteiger partial charge >= 0.3 is 0 Å². The summed E-state index contributed by atoms with van der Waals surface area (Å²) in [6.07, 6.45) is 4.81. The van der Waals surface area contributed by atoms with Crippen molar-refractivity contribution in [2.75, 3.05) is 19.8 Å². The average molecular weight is 298 g/mol. The number of nitrogens with one attached hydrogen (secondary N) is 1. The summed E-state index contributed by atoms with van der Waals surface area (Å²) in [4.78, 5) is 0. The Balaban J connectivity index is 1.78. The van der Waals surface area contributed by atoms with Crippen LogP contribution in [0.15, 0.2) is 18.2 Å². The minimum atomic E-state index is 0.546. The van der Waals surface area contributed by atoms with E-state index in [-0.39, 0.29) is 0 Å². The van der Waals surface area contributed by atoms with Crippen LogP contribution in [0.4, 0.5) is 0 Å². The standard InChI is InChI=1S/C16H24ClNO2/c1-2-3-9-19-10-11-20-16-13(5-4-6-15(16)17)12-18-14-7-8-14/h4-6,14,18H,2-3,7-12H2,1H3. The van der Waals surface area contributed by atoms with Crippen LogP contribution in [0, 0.1) is 0 Å². The molecule has 112 valence electrons. The van der Waals surface area contributed by atoms with Crippen LogP contribution in [0.25, 0.3) is 0 Å². The van der Waals surface area contributed by atoms with Gasteiger partial charge in [-0.2, -0.15) is 0 Å². The molecule has 1 fully saturated rings. The van der Waals surface area contributed by atoms with Gasteiger partial charge in [0, 0.05) is 24.8 Å². The molecule has 0 aliphatic heterocycles.